The summed E-state index contributed by atoms with van der Waals surface area (Å²) in [5, 5.41) is 0. The average Bonchev–Trinajstić information content (AvgIpc) is 4.30. The molecule has 9 aromatic carbocycles. The van der Waals surface area contributed by atoms with Crippen LogP contribution in [0.5, 0.6) is 0 Å². The van der Waals surface area contributed by atoms with Gasteiger partial charge in [-0.25, -0.2) is 9.97 Å². The number of benzene rings is 9. The number of hydrogen-bond donors (Lipinski definition) is 0. The molecule has 13 aromatic rings. The first-order valence-corrected chi connectivity index (χ1v) is 30.5. The van der Waals surface area contributed by atoms with E-state index in [0.717, 1.165) is 120 Å². The largest absolute Gasteiger partial charge is 0.311 e. The van der Waals surface area contributed by atoms with Crippen LogP contribution in [0.25, 0.3) is 86.3 Å². The molecule has 0 spiro atoms. The van der Waals surface area contributed by atoms with Crippen molar-refractivity contribution < 1.29 is 0 Å². The molecule has 0 amide bonds. The lowest BCUT2D eigenvalue weighted by Gasteiger charge is -2.27. The van der Waals surface area contributed by atoms with Crippen LogP contribution in [-0.4, -0.2) is 18.7 Å². The first-order chi connectivity index (χ1) is 40.2. The van der Waals surface area contributed by atoms with E-state index in [1.165, 1.54) is 34.0 Å². The normalized spacial score (nSPS) is 11.9. The van der Waals surface area contributed by atoms with Gasteiger partial charge in [-0.2, -0.15) is 8.75 Å². The summed E-state index contributed by atoms with van der Waals surface area (Å²) in [4.78, 5) is 20.6. The predicted molar refractivity (Wildman–Crippen MR) is 355 cm³/mol. The smallest absolute Gasteiger partial charge is 0.116 e. The highest BCUT2D eigenvalue weighted by atomic mass is 32.1. The van der Waals surface area contributed by atoms with E-state index in [0.29, 0.717) is 0 Å². The minimum Gasteiger partial charge on any atom is -0.311 e. The molecule has 0 saturated carbocycles. The fraction of sp³-hybridized carbons (Fsp3) is 0.135. The van der Waals surface area contributed by atoms with Gasteiger partial charge in [-0.15, -0.1) is 22.7 Å². The van der Waals surface area contributed by atoms with Crippen molar-refractivity contribution in [1.82, 2.24) is 18.7 Å². The van der Waals surface area contributed by atoms with E-state index in [1.807, 2.05) is 12.1 Å². The third-order valence-electron chi connectivity index (χ3n) is 15.5. The Kier molecular flexibility index (Phi) is 14.0. The highest BCUT2D eigenvalue weighted by Crippen LogP contribution is 2.49. The van der Waals surface area contributed by atoms with Crippen LogP contribution in [0.2, 0.25) is 0 Å². The van der Waals surface area contributed by atoms with Gasteiger partial charge in [0.25, 0.3) is 0 Å². The number of aryl methyl sites for hydroxylation is 2. The minimum atomic E-state index is 0.0585. The lowest BCUT2D eigenvalue weighted by Crippen LogP contribution is -2.13. The molecule has 0 atom stereocenters. The Hall–Kier alpha value is -8.86. The van der Waals surface area contributed by atoms with Crippen LogP contribution in [0.1, 0.15) is 63.8 Å². The molecule has 13 rings (SSSR count). The molecule has 0 fully saturated rings. The first-order valence-electron chi connectivity index (χ1n) is 28.2. The van der Waals surface area contributed by atoms with Gasteiger partial charge in [0.15, 0.2) is 0 Å². The van der Waals surface area contributed by atoms with E-state index in [1.54, 1.807) is 22.7 Å². The monoisotopic (exact) mass is 1130 g/mol. The van der Waals surface area contributed by atoms with Gasteiger partial charge < -0.3 is 9.80 Å². The van der Waals surface area contributed by atoms with Gasteiger partial charge in [0.05, 0.1) is 23.1 Å². The number of anilines is 6. The van der Waals surface area contributed by atoms with E-state index >= 15 is 0 Å². The molecule has 0 bridgehead atoms. The third-order valence-corrected chi connectivity index (χ3v) is 18.4. The molecule has 4 heterocycles. The molecule has 0 radical (unpaired) electrons. The molecule has 9 heteroatoms. The van der Waals surface area contributed by atoms with Crippen LogP contribution in [0.4, 0.5) is 34.1 Å². The summed E-state index contributed by atoms with van der Waals surface area (Å²) < 4.78 is 10.3. The van der Waals surface area contributed by atoms with Gasteiger partial charge in [0, 0.05) is 75.9 Å². The second-order valence-electron chi connectivity index (χ2n) is 23.4. The number of rotatable bonds is 12. The second kappa shape index (κ2) is 21.8. The fourth-order valence-corrected chi connectivity index (χ4v) is 13.6. The molecule has 83 heavy (non-hydrogen) atoms. The van der Waals surface area contributed by atoms with Crippen LogP contribution in [-0.2, 0) is 10.8 Å². The van der Waals surface area contributed by atoms with Crippen LogP contribution in [0, 0.1) is 13.8 Å². The van der Waals surface area contributed by atoms with Crippen molar-refractivity contribution in [3.63, 3.8) is 0 Å². The van der Waals surface area contributed by atoms with Crippen molar-refractivity contribution in [3.05, 3.63) is 253 Å². The molecule has 0 aliphatic heterocycles. The number of fused-ring (bicyclic) bond motifs is 2. The molecule has 0 aliphatic rings. The Bertz CT molecular complexity index is 4130. The van der Waals surface area contributed by atoms with Crippen LogP contribution >= 0.6 is 34.4 Å². The van der Waals surface area contributed by atoms with Crippen molar-refractivity contribution in [1.29, 1.82) is 0 Å². The van der Waals surface area contributed by atoms with E-state index < -0.39 is 0 Å². The summed E-state index contributed by atoms with van der Waals surface area (Å²) in [6.07, 6.45) is 0. The Morgan fingerprint density at radius 1 is 0.301 bits per heavy atom. The van der Waals surface area contributed by atoms with Crippen molar-refractivity contribution in [2.75, 3.05) is 9.80 Å². The lowest BCUT2D eigenvalue weighted by atomic mass is 9.87. The topological polar surface area (TPSA) is 58.0 Å². The Morgan fingerprint density at radius 2 is 0.602 bits per heavy atom. The van der Waals surface area contributed by atoms with E-state index in [-0.39, 0.29) is 10.8 Å². The van der Waals surface area contributed by atoms with Gasteiger partial charge >= 0.3 is 0 Å². The number of nitrogens with zero attached hydrogens (tertiary/aromatic N) is 6. The fourth-order valence-electron chi connectivity index (χ4n) is 10.9. The third kappa shape index (κ3) is 10.6. The molecule has 0 aliphatic carbocycles. The zero-order valence-electron chi connectivity index (χ0n) is 47.8. The maximum absolute atomic E-state index is 5.75. The SMILES string of the molecule is Cc1ccc(N(c2ccc(-c3ccc(-c4c5nsnc5c(-c5ccc(-c6ccc(N(c7ccc(C)cc7)c7ccc(C(C)(C)C)cc7)cc6)s5)c5nc(-c6ccccc6)c(-c6ccccc6)nc45)s3)cc2)c2ccc(C(C)(C)C)cc2)cc1. The molecule has 0 N–H and O–H groups in total. The Balaban J connectivity index is 0.912. The van der Waals surface area contributed by atoms with Crippen LogP contribution in [0.15, 0.2) is 231 Å². The van der Waals surface area contributed by atoms with Gasteiger partial charge in [-0.1, -0.05) is 186 Å². The molecular formula is C74H62N6S3. The first kappa shape index (κ1) is 53.5. The Labute approximate surface area is 499 Å². The maximum atomic E-state index is 5.75. The van der Waals surface area contributed by atoms with Crippen LogP contribution < -0.4 is 9.80 Å². The molecule has 4 aromatic heterocycles. The van der Waals surface area contributed by atoms with Crippen molar-refractivity contribution in [2.24, 2.45) is 0 Å². The maximum Gasteiger partial charge on any atom is 0.116 e. The molecule has 0 saturated heterocycles. The molecular weight excluding hydrogens is 1070 g/mol. The summed E-state index contributed by atoms with van der Waals surface area (Å²) in [5.74, 6) is 0. The number of hydrogen-bond acceptors (Lipinski definition) is 9. The number of aromatic nitrogens is 4. The Morgan fingerprint density at radius 3 is 0.928 bits per heavy atom. The predicted octanol–water partition coefficient (Wildman–Crippen LogP) is 21.9. The molecule has 6 nitrogen and oxygen atoms in total. The van der Waals surface area contributed by atoms with Crippen molar-refractivity contribution >= 4 is 90.6 Å². The zero-order valence-corrected chi connectivity index (χ0v) is 50.3. The van der Waals surface area contributed by atoms with Gasteiger partial charge in [0.2, 0.25) is 0 Å². The summed E-state index contributed by atoms with van der Waals surface area (Å²) in [7, 11) is 0. The van der Waals surface area contributed by atoms with E-state index in [9.17, 15) is 0 Å². The summed E-state index contributed by atoms with van der Waals surface area (Å²) in [6.45, 7) is 17.8. The molecule has 406 valence electrons. The van der Waals surface area contributed by atoms with Gasteiger partial charge in [-0.3, -0.25) is 0 Å². The van der Waals surface area contributed by atoms with Crippen molar-refractivity contribution in [3.8, 4) is 64.3 Å². The van der Waals surface area contributed by atoms with Gasteiger partial charge in [-0.05, 0) is 144 Å². The summed E-state index contributed by atoms with van der Waals surface area (Å²) in [6, 6.07) is 83.2. The highest BCUT2D eigenvalue weighted by Gasteiger charge is 2.28. The van der Waals surface area contributed by atoms with Crippen molar-refractivity contribution in [2.45, 2.75) is 66.2 Å². The van der Waals surface area contributed by atoms with E-state index in [4.69, 9.17) is 18.7 Å². The highest BCUT2D eigenvalue weighted by molar-refractivity contribution is 7.19. The molecule has 0 unspecified atom stereocenters. The lowest BCUT2D eigenvalue weighted by molar-refractivity contribution is 0.590. The van der Waals surface area contributed by atoms with Gasteiger partial charge in [0.1, 0.15) is 22.1 Å². The standard InChI is InChI=1S/C74H62N6S3/c1-47-19-31-55(32-20-47)79(59-39-27-53(28-40-59)73(3,4)5)57-35-23-49(24-36-57)61-43-45-63(81-61)65-69-70(76-68(52-17-13-10-14-18-52)67(75-69)51-15-11-9-12-16-51)66(72-71(65)77-83-78-72)64-46-44-62(82-64)50-25-37-58(38-26-50)80(56-33-21-48(2)22-34-56)60-41-29-54(30-42-60)74(6,7)8/h9-46H,1-8H3. The van der Waals surface area contributed by atoms with Crippen LogP contribution in [0.3, 0.4) is 0 Å². The summed E-state index contributed by atoms with van der Waals surface area (Å²) in [5.41, 5.74) is 22.8. The zero-order chi connectivity index (χ0) is 57.0. The van der Waals surface area contributed by atoms with E-state index in [2.05, 4.69) is 284 Å². The number of thiophene rings is 2. The average molecular weight is 1130 g/mol. The minimum absolute atomic E-state index is 0.0585. The summed E-state index contributed by atoms with van der Waals surface area (Å²) >= 11 is 4.73. The quantitative estimate of drug-likeness (QED) is 0.121. The second-order valence-corrected chi connectivity index (χ2v) is 26.1.